The summed E-state index contributed by atoms with van der Waals surface area (Å²) in [4.78, 5) is 12.3. The third kappa shape index (κ3) is 2.87. The van der Waals surface area contributed by atoms with Crippen molar-refractivity contribution in [3.63, 3.8) is 0 Å². The molecule has 0 spiro atoms. The first kappa shape index (κ1) is 15.1. The molecule has 0 saturated heterocycles. The van der Waals surface area contributed by atoms with Gasteiger partial charge in [-0.15, -0.1) is 0 Å². The molecule has 1 aromatic heterocycles. The lowest BCUT2D eigenvalue weighted by Gasteiger charge is -2.12. The van der Waals surface area contributed by atoms with Gasteiger partial charge in [0.2, 0.25) is 0 Å². The highest BCUT2D eigenvalue weighted by Crippen LogP contribution is 2.44. The minimum atomic E-state index is -0.162. The van der Waals surface area contributed by atoms with Crippen molar-refractivity contribution < 1.29 is 9.90 Å². The lowest BCUT2D eigenvalue weighted by Crippen LogP contribution is -2.32. The van der Waals surface area contributed by atoms with Crippen molar-refractivity contribution >= 4 is 17.5 Å². The summed E-state index contributed by atoms with van der Waals surface area (Å²) in [6.45, 7) is 2.47. The van der Waals surface area contributed by atoms with E-state index in [2.05, 4.69) is 10.4 Å². The van der Waals surface area contributed by atoms with Crippen LogP contribution in [0.2, 0.25) is 5.02 Å². The number of nitrogens with one attached hydrogen (secondary N) is 1. The van der Waals surface area contributed by atoms with Gasteiger partial charge >= 0.3 is 0 Å². The zero-order valence-electron chi connectivity index (χ0n) is 12.3. The largest absolute Gasteiger partial charge is 0.396 e. The molecule has 1 aliphatic rings. The Morgan fingerprint density at radius 1 is 1.50 bits per heavy atom. The maximum Gasteiger partial charge on any atom is 0.254 e. The fraction of sp³-hybridized carbons (Fsp3) is 0.375. The van der Waals surface area contributed by atoms with Gasteiger partial charge in [0.1, 0.15) is 0 Å². The standard InChI is InChI=1S/C16H18ClN3O2/c1-11-14(15(22)18-9-16(10-21)5-6-16)8-19-20(11)13-4-2-3-12(17)7-13/h2-4,7-8,21H,5-6,9-10H2,1H3,(H,18,22). The van der Waals surface area contributed by atoms with E-state index in [-0.39, 0.29) is 17.9 Å². The number of rotatable bonds is 5. The number of aromatic nitrogens is 2. The molecule has 2 N–H and O–H groups in total. The highest BCUT2D eigenvalue weighted by Gasteiger charge is 2.42. The average Bonchev–Trinajstić information content (AvgIpc) is 3.20. The van der Waals surface area contributed by atoms with E-state index in [0.717, 1.165) is 24.2 Å². The fourth-order valence-electron chi connectivity index (χ4n) is 2.43. The molecule has 0 radical (unpaired) electrons. The van der Waals surface area contributed by atoms with Crippen LogP contribution >= 0.6 is 11.6 Å². The number of aliphatic hydroxyl groups is 1. The Hall–Kier alpha value is -1.85. The number of carbonyl (C=O) groups excluding carboxylic acids is 1. The normalized spacial score (nSPS) is 15.6. The highest BCUT2D eigenvalue weighted by molar-refractivity contribution is 6.30. The van der Waals surface area contributed by atoms with Crippen LogP contribution in [0.1, 0.15) is 28.9 Å². The molecule has 1 saturated carbocycles. The van der Waals surface area contributed by atoms with Crippen molar-refractivity contribution in [3.8, 4) is 5.69 Å². The van der Waals surface area contributed by atoms with E-state index in [1.807, 2.05) is 19.1 Å². The van der Waals surface area contributed by atoms with Gasteiger partial charge in [-0.05, 0) is 38.0 Å². The van der Waals surface area contributed by atoms with Crippen LogP contribution in [-0.4, -0.2) is 33.9 Å². The van der Waals surface area contributed by atoms with E-state index < -0.39 is 0 Å². The van der Waals surface area contributed by atoms with Crippen LogP contribution in [0.3, 0.4) is 0 Å². The molecule has 3 rings (SSSR count). The number of amides is 1. The van der Waals surface area contributed by atoms with E-state index in [1.165, 1.54) is 0 Å². The Labute approximate surface area is 133 Å². The molecule has 116 valence electrons. The summed E-state index contributed by atoms with van der Waals surface area (Å²) in [5.41, 5.74) is 2.01. The Balaban J connectivity index is 1.77. The van der Waals surface area contributed by atoms with Gasteiger partial charge in [-0.3, -0.25) is 4.79 Å². The molecule has 22 heavy (non-hydrogen) atoms. The number of halogens is 1. The van der Waals surface area contributed by atoms with Gasteiger partial charge in [0.15, 0.2) is 0 Å². The molecule has 1 aromatic carbocycles. The van der Waals surface area contributed by atoms with Gasteiger partial charge < -0.3 is 10.4 Å². The highest BCUT2D eigenvalue weighted by atomic mass is 35.5. The molecule has 5 nitrogen and oxygen atoms in total. The first-order chi connectivity index (χ1) is 10.5. The second-order valence-corrected chi connectivity index (χ2v) is 6.31. The van der Waals surface area contributed by atoms with Crippen LogP contribution in [0.15, 0.2) is 30.5 Å². The minimum absolute atomic E-state index is 0.105. The van der Waals surface area contributed by atoms with Gasteiger partial charge in [0, 0.05) is 17.0 Å². The summed E-state index contributed by atoms with van der Waals surface area (Å²) in [5, 5.41) is 17.1. The third-order valence-corrected chi connectivity index (χ3v) is 4.46. The summed E-state index contributed by atoms with van der Waals surface area (Å²) in [6.07, 6.45) is 3.49. The summed E-state index contributed by atoms with van der Waals surface area (Å²) >= 11 is 6.00. The molecule has 1 heterocycles. The molecular weight excluding hydrogens is 302 g/mol. The van der Waals surface area contributed by atoms with Crippen molar-refractivity contribution in [1.29, 1.82) is 0 Å². The molecule has 0 bridgehead atoms. The number of aliphatic hydroxyl groups excluding tert-OH is 1. The lowest BCUT2D eigenvalue weighted by molar-refractivity contribution is 0.0934. The second kappa shape index (κ2) is 5.74. The maximum atomic E-state index is 12.3. The van der Waals surface area contributed by atoms with Crippen LogP contribution in [0.4, 0.5) is 0 Å². The first-order valence-electron chi connectivity index (χ1n) is 7.24. The maximum absolute atomic E-state index is 12.3. The van der Waals surface area contributed by atoms with Gasteiger partial charge in [-0.1, -0.05) is 17.7 Å². The number of hydrogen-bond donors (Lipinski definition) is 2. The van der Waals surface area contributed by atoms with Crippen LogP contribution < -0.4 is 5.32 Å². The third-order valence-electron chi connectivity index (χ3n) is 4.22. The number of nitrogens with zero attached hydrogens (tertiary/aromatic N) is 2. The monoisotopic (exact) mass is 319 g/mol. The zero-order chi connectivity index (χ0) is 15.7. The molecular formula is C16H18ClN3O2. The molecule has 1 amide bonds. The Bertz CT molecular complexity index is 707. The van der Waals surface area contributed by atoms with Crippen LogP contribution in [0, 0.1) is 12.3 Å². The van der Waals surface area contributed by atoms with Crippen LogP contribution in [0.5, 0.6) is 0 Å². The van der Waals surface area contributed by atoms with Gasteiger partial charge in [0.05, 0.1) is 29.7 Å². The van der Waals surface area contributed by atoms with E-state index >= 15 is 0 Å². The Morgan fingerprint density at radius 3 is 2.91 bits per heavy atom. The minimum Gasteiger partial charge on any atom is -0.396 e. The summed E-state index contributed by atoms with van der Waals surface area (Å²) in [6, 6.07) is 7.32. The predicted molar refractivity (Wildman–Crippen MR) is 84.4 cm³/mol. The van der Waals surface area contributed by atoms with Crippen molar-refractivity contribution in [1.82, 2.24) is 15.1 Å². The first-order valence-corrected chi connectivity index (χ1v) is 7.62. The Kier molecular flexibility index (Phi) is 3.93. The number of benzene rings is 1. The van der Waals surface area contributed by atoms with E-state index in [0.29, 0.717) is 17.1 Å². The molecule has 1 fully saturated rings. The van der Waals surface area contributed by atoms with Crippen molar-refractivity contribution in [2.24, 2.45) is 5.41 Å². The smallest absolute Gasteiger partial charge is 0.254 e. The summed E-state index contributed by atoms with van der Waals surface area (Å²) in [7, 11) is 0. The summed E-state index contributed by atoms with van der Waals surface area (Å²) in [5.74, 6) is -0.162. The van der Waals surface area contributed by atoms with Crippen molar-refractivity contribution in [3.05, 3.63) is 46.7 Å². The number of hydrogen-bond acceptors (Lipinski definition) is 3. The van der Waals surface area contributed by atoms with E-state index in [9.17, 15) is 9.90 Å². The SMILES string of the molecule is Cc1c(C(=O)NCC2(CO)CC2)cnn1-c1cccc(Cl)c1. The fourth-order valence-corrected chi connectivity index (χ4v) is 2.62. The van der Waals surface area contributed by atoms with Gasteiger partial charge in [0.25, 0.3) is 5.91 Å². The predicted octanol–water partition coefficient (Wildman–Crippen LogP) is 2.34. The quantitative estimate of drug-likeness (QED) is 0.889. The second-order valence-electron chi connectivity index (χ2n) is 5.88. The van der Waals surface area contributed by atoms with Crippen LogP contribution in [0.25, 0.3) is 5.69 Å². The molecule has 6 heteroatoms. The lowest BCUT2D eigenvalue weighted by atomic mass is 10.1. The van der Waals surface area contributed by atoms with Crippen molar-refractivity contribution in [2.45, 2.75) is 19.8 Å². The average molecular weight is 320 g/mol. The van der Waals surface area contributed by atoms with Gasteiger partial charge in [-0.2, -0.15) is 5.10 Å². The molecule has 2 aromatic rings. The number of carbonyl (C=O) groups is 1. The van der Waals surface area contributed by atoms with Crippen molar-refractivity contribution in [2.75, 3.05) is 13.2 Å². The molecule has 0 atom stereocenters. The summed E-state index contributed by atoms with van der Waals surface area (Å²) < 4.78 is 1.69. The molecule has 1 aliphatic carbocycles. The van der Waals surface area contributed by atoms with Crippen LogP contribution in [-0.2, 0) is 0 Å². The Morgan fingerprint density at radius 2 is 2.27 bits per heavy atom. The van der Waals surface area contributed by atoms with Gasteiger partial charge in [-0.25, -0.2) is 4.68 Å². The molecule has 0 unspecified atom stereocenters. The topological polar surface area (TPSA) is 67.2 Å². The van der Waals surface area contributed by atoms with E-state index in [1.54, 1.807) is 23.0 Å². The zero-order valence-corrected chi connectivity index (χ0v) is 13.1. The molecule has 0 aliphatic heterocycles. The van der Waals surface area contributed by atoms with E-state index in [4.69, 9.17) is 11.6 Å².